The van der Waals surface area contributed by atoms with Crippen molar-refractivity contribution in [1.82, 2.24) is 5.32 Å². The van der Waals surface area contributed by atoms with E-state index in [4.69, 9.17) is 4.74 Å². The van der Waals surface area contributed by atoms with E-state index in [1.807, 2.05) is 29.6 Å². The normalized spacial score (nSPS) is 19.8. The van der Waals surface area contributed by atoms with E-state index < -0.39 is 0 Å². The second kappa shape index (κ2) is 7.26. The van der Waals surface area contributed by atoms with Gasteiger partial charge in [-0.05, 0) is 17.7 Å². The quantitative estimate of drug-likeness (QED) is 0.898. The Balaban J connectivity index is 1.77. The third-order valence-corrected chi connectivity index (χ3v) is 5.65. The minimum Gasteiger partial charge on any atom is -0.494 e. The molecule has 1 aliphatic rings. The van der Waals surface area contributed by atoms with Crippen LogP contribution in [0.5, 0.6) is 5.75 Å². The minimum atomic E-state index is -0.292. The number of halogens is 1. The highest BCUT2D eigenvalue weighted by atomic mass is 32.2. The largest absolute Gasteiger partial charge is 0.494 e. The Kier molecular flexibility index (Phi) is 5.66. The highest BCUT2D eigenvalue weighted by Gasteiger charge is 2.13. The first-order valence-corrected chi connectivity index (χ1v) is 8.22. The van der Waals surface area contributed by atoms with Gasteiger partial charge in [0.15, 0.2) is 11.6 Å². The van der Waals surface area contributed by atoms with Crippen LogP contribution in [0.25, 0.3) is 0 Å². The summed E-state index contributed by atoms with van der Waals surface area (Å²) in [4.78, 5) is 0. The van der Waals surface area contributed by atoms with Crippen molar-refractivity contribution in [3.05, 3.63) is 29.6 Å². The van der Waals surface area contributed by atoms with E-state index in [9.17, 15) is 4.39 Å². The molecule has 1 saturated heterocycles. The van der Waals surface area contributed by atoms with Crippen LogP contribution in [0.15, 0.2) is 18.2 Å². The summed E-state index contributed by atoms with van der Waals surface area (Å²) >= 11 is 4.05. The van der Waals surface area contributed by atoms with E-state index >= 15 is 0 Å². The van der Waals surface area contributed by atoms with Crippen LogP contribution in [0.4, 0.5) is 4.39 Å². The number of rotatable bonds is 5. The maximum absolute atomic E-state index is 13.5. The number of ether oxygens (including phenoxy) is 1. The van der Waals surface area contributed by atoms with Crippen LogP contribution < -0.4 is 10.1 Å². The van der Waals surface area contributed by atoms with E-state index in [0.29, 0.717) is 17.5 Å². The Hall–Kier alpha value is -0.390. The van der Waals surface area contributed by atoms with Gasteiger partial charge in [0.2, 0.25) is 0 Å². The summed E-state index contributed by atoms with van der Waals surface area (Å²) in [7, 11) is 1.48. The van der Waals surface area contributed by atoms with Crippen LogP contribution in [0.3, 0.4) is 0 Å². The van der Waals surface area contributed by atoms with Gasteiger partial charge in [0.05, 0.1) is 7.11 Å². The molecule has 0 saturated carbocycles. The van der Waals surface area contributed by atoms with E-state index in [0.717, 1.165) is 12.1 Å². The predicted molar refractivity (Wildman–Crippen MR) is 78.2 cm³/mol. The number of methoxy groups -OCH3 is 1. The average molecular weight is 287 g/mol. The maximum Gasteiger partial charge on any atom is 0.165 e. The lowest BCUT2D eigenvalue weighted by Gasteiger charge is -2.21. The predicted octanol–water partition coefficient (Wildman–Crippen LogP) is 2.77. The molecule has 18 heavy (non-hydrogen) atoms. The Morgan fingerprint density at radius 1 is 1.44 bits per heavy atom. The number of hydrogen-bond donors (Lipinski definition) is 1. The van der Waals surface area contributed by atoms with E-state index in [1.165, 1.54) is 30.4 Å². The molecule has 1 heterocycles. The lowest BCUT2D eigenvalue weighted by atomic mass is 10.2. The second-order valence-corrected chi connectivity index (χ2v) is 6.73. The van der Waals surface area contributed by atoms with Crippen LogP contribution in [0.1, 0.15) is 5.56 Å². The Labute approximate surface area is 116 Å². The fraction of sp³-hybridized carbons (Fsp3) is 0.538. The van der Waals surface area contributed by atoms with E-state index in [-0.39, 0.29) is 5.82 Å². The van der Waals surface area contributed by atoms with Crippen molar-refractivity contribution >= 4 is 23.5 Å². The van der Waals surface area contributed by atoms with Crippen LogP contribution in [0, 0.1) is 5.82 Å². The van der Waals surface area contributed by atoms with E-state index in [2.05, 4.69) is 5.32 Å². The van der Waals surface area contributed by atoms with Crippen LogP contribution in [-0.2, 0) is 6.54 Å². The monoisotopic (exact) mass is 287 g/mol. The van der Waals surface area contributed by atoms with Gasteiger partial charge >= 0.3 is 0 Å². The molecular weight excluding hydrogens is 269 g/mol. The number of thioether (sulfide) groups is 2. The minimum absolute atomic E-state index is 0.292. The first kappa shape index (κ1) is 14.0. The molecule has 0 aliphatic carbocycles. The van der Waals surface area contributed by atoms with Crippen molar-refractivity contribution in [3.63, 3.8) is 0 Å². The summed E-state index contributed by atoms with van der Waals surface area (Å²) in [5, 5.41) is 4.08. The van der Waals surface area contributed by atoms with Gasteiger partial charge < -0.3 is 10.1 Å². The van der Waals surface area contributed by atoms with Crippen molar-refractivity contribution in [2.24, 2.45) is 0 Å². The summed E-state index contributed by atoms with van der Waals surface area (Å²) in [5.41, 5.74) is 0.960. The van der Waals surface area contributed by atoms with Crippen molar-refractivity contribution in [2.75, 3.05) is 30.9 Å². The number of hydrogen-bond acceptors (Lipinski definition) is 4. The Morgan fingerprint density at radius 2 is 2.33 bits per heavy atom. The number of nitrogens with one attached hydrogen (secondary N) is 1. The fourth-order valence-electron chi connectivity index (χ4n) is 1.85. The van der Waals surface area contributed by atoms with Crippen molar-refractivity contribution in [3.8, 4) is 5.75 Å². The first-order valence-electron chi connectivity index (χ1n) is 6.02. The molecule has 1 fully saturated rings. The molecule has 1 unspecified atom stereocenters. The van der Waals surface area contributed by atoms with E-state index in [1.54, 1.807) is 6.07 Å². The van der Waals surface area contributed by atoms with Gasteiger partial charge in [0, 0.05) is 35.6 Å². The summed E-state index contributed by atoms with van der Waals surface area (Å²) in [6.07, 6.45) is 0. The van der Waals surface area contributed by atoms with Gasteiger partial charge in [-0.15, -0.1) is 0 Å². The molecule has 0 aromatic heterocycles. The standard InChI is InChI=1S/C13H18FNOS2/c1-16-13-3-2-10(6-12(13)14)7-15-8-11-9-17-4-5-18-11/h2-3,6,11,15H,4-5,7-9H2,1H3. The average Bonchev–Trinajstić information content (AvgIpc) is 2.40. The van der Waals surface area contributed by atoms with Crippen molar-refractivity contribution < 1.29 is 9.13 Å². The third-order valence-electron chi connectivity index (χ3n) is 2.80. The number of benzene rings is 1. The lowest BCUT2D eigenvalue weighted by Crippen LogP contribution is -2.28. The van der Waals surface area contributed by atoms with Gasteiger partial charge in [-0.25, -0.2) is 4.39 Å². The van der Waals surface area contributed by atoms with Gasteiger partial charge in [-0.1, -0.05) is 6.07 Å². The summed E-state index contributed by atoms with van der Waals surface area (Å²) in [6.45, 7) is 1.70. The third kappa shape index (κ3) is 4.07. The summed E-state index contributed by atoms with van der Waals surface area (Å²) < 4.78 is 18.4. The zero-order valence-corrected chi connectivity index (χ0v) is 12.1. The van der Waals surface area contributed by atoms with Gasteiger partial charge in [0.25, 0.3) is 0 Å². The maximum atomic E-state index is 13.5. The molecule has 1 atom stereocenters. The van der Waals surface area contributed by atoms with Gasteiger partial charge in [-0.2, -0.15) is 23.5 Å². The Bertz CT molecular complexity index is 383. The van der Waals surface area contributed by atoms with Crippen LogP contribution >= 0.6 is 23.5 Å². The topological polar surface area (TPSA) is 21.3 Å². The molecule has 2 nitrogen and oxygen atoms in total. The fourth-order valence-corrected chi connectivity index (χ4v) is 4.50. The second-order valence-electron chi connectivity index (χ2n) is 4.17. The zero-order valence-electron chi connectivity index (χ0n) is 10.4. The highest BCUT2D eigenvalue weighted by Crippen LogP contribution is 2.23. The van der Waals surface area contributed by atoms with Crippen molar-refractivity contribution in [1.29, 1.82) is 0 Å². The smallest absolute Gasteiger partial charge is 0.165 e. The molecule has 5 heteroatoms. The molecule has 0 bridgehead atoms. The molecule has 0 radical (unpaired) electrons. The van der Waals surface area contributed by atoms with Crippen LogP contribution in [0.2, 0.25) is 0 Å². The van der Waals surface area contributed by atoms with Gasteiger partial charge in [-0.3, -0.25) is 0 Å². The van der Waals surface area contributed by atoms with Gasteiger partial charge in [0.1, 0.15) is 0 Å². The van der Waals surface area contributed by atoms with Crippen molar-refractivity contribution in [2.45, 2.75) is 11.8 Å². The molecule has 2 rings (SSSR count). The molecular formula is C13H18FNOS2. The van der Waals surface area contributed by atoms with Crippen LogP contribution in [-0.4, -0.2) is 36.2 Å². The lowest BCUT2D eigenvalue weighted by molar-refractivity contribution is 0.386. The molecule has 100 valence electrons. The Morgan fingerprint density at radius 3 is 3.00 bits per heavy atom. The summed E-state index contributed by atoms with van der Waals surface area (Å²) in [5.74, 6) is 3.74. The molecule has 1 aromatic carbocycles. The molecule has 0 amide bonds. The summed E-state index contributed by atoms with van der Waals surface area (Å²) in [6, 6.07) is 5.11. The highest BCUT2D eigenvalue weighted by molar-refractivity contribution is 8.06. The SMILES string of the molecule is COc1ccc(CNCC2CSCCS2)cc1F. The molecule has 1 N–H and O–H groups in total. The molecule has 1 aromatic rings. The molecule has 1 aliphatic heterocycles. The first-order chi connectivity index (χ1) is 8.79. The zero-order chi connectivity index (χ0) is 12.8. The molecule has 0 spiro atoms.